The third-order valence-corrected chi connectivity index (χ3v) is 6.79. The van der Waals surface area contributed by atoms with Crippen LogP contribution >= 0.6 is 11.8 Å². The number of nitrogens with zero attached hydrogens (tertiary/aromatic N) is 5. The molecule has 1 saturated heterocycles. The van der Waals surface area contributed by atoms with Gasteiger partial charge in [-0.25, -0.2) is 0 Å². The van der Waals surface area contributed by atoms with Crippen LogP contribution in [0.3, 0.4) is 0 Å². The van der Waals surface area contributed by atoms with Crippen molar-refractivity contribution in [3.8, 4) is 17.1 Å². The topological polar surface area (TPSA) is 63.5 Å². The van der Waals surface area contributed by atoms with E-state index in [-0.39, 0.29) is 11.2 Å². The number of anilines is 1. The largest absolute Gasteiger partial charge is 0.496 e. The predicted molar refractivity (Wildman–Crippen MR) is 128 cm³/mol. The first-order valence-electron chi connectivity index (χ1n) is 10.9. The van der Waals surface area contributed by atoms with Crippen LogP contribution < -0.4 is 9.64 Å². The van der Waals surface area contributed by atoms with Crippen LogP contribution in [0.2, 0.25) is 0 Å². The van der Waals surface area contributed by atoms with E-state index in [4.69, 9.17) is 4.74 Å². The summed E-state index contributed by atoms with van der Waals surface area (Å²) in [5.41, 5.74) is 2.11. The molecule has 0 radical (unpaired) electrons. The minimum Gasteiger partial charge on any atom is -0.496 e. The lowest BCUT2D eigenvalue weighted by atomic mass is 10.2. The molecule has 0 N–H and O–H groups in total. The molecule has 2 heterocycles. The van der Waals surface area contributed by atoms with Crippen molar-refractivity contribution in [3.05, 3.63) is 54.6 Å². The maximum Gasteiger partial charge on any atom is 0.236 e. The van der Waals surface area contributed by atoms with Crippen molar-refractivity contribution >= 4 is 23.4 Å². The number of piperazine rings is 1. The molecule has 168 valence electrons. The Bertz CT molecular complexity index is 1050. The van der Waals surface area contributed by atoms with Gasteiger partial charge in [-0.1, -0.05) is 42.1 Å². The highest BCUT2D eigenvalue weighted by molar-refractivity contribution is 8.00. The first kappa shape index (κ1) is 22.2. The van der Waals surface area contributed by atoms with Gasteiger partial charge in [0.25, 0.3) is 0 Å². The van der Waals surface area contributed by atoms with Crippen LogP contribution in [0.5, 0.6) is 5.75 Å². The van der Waals surface area contributed by atoms with E-state index in [2.05, 4.69) is 46.3 Å². The number of aromatic nitrogens is 3. The molecule has 3 aromatic rings. The van der Waals surface area contributed by atoms with E-state index >= 15 is 0 Å². The van der Waals surface area contributed by atoms with Gasteiger partial charge >= 0.3 is 0 Å². The molecule has 0 aliphatic carbocycles. The van der Waals surface area contributed by atoms with Gasteiger partial charge in [-0.2, -0.15) is 0 Å². The summed E-state index contributed by atoms with van der Waals surface area (Å²) in [5, 5.41) is 9.32. The van der Waals surface area contributed by atoms with Crippen LogP contribution in [0, 0.1) is 0 Å². The highest BCUT2D eigenvalue weighted by atomic mass is 32.2. The normalized spacial score (nSPS) is 15.0. The Kier molecular flexibility index (Phi) is 6.99. The third-order valence-electron chi connectivity index (χ3n) is 5.72. The summed E-state index contributed by atoms with van der Waals surface area (Å²) in [5.74, 6) is 1.65. The molecule has 32 heavy (non-hydrogen) atoms. The number of benzene rings is 2. The van der Waals surface area contributed by atoms with Crippen LogP contribution in [0.15, 0.2) is 59.8 Å². The molecule has 1 aliphatic heterocycles. The number of methoxy groups -OCH3 is 1. The van der Waals surface area contributed by atoms with Crippen molar-refractivity contribution in [3.63, 3.8) is 0 Å². The minimum atomic E-state index is -0.238. The Hall–Kier alpha value is -3.00. The Morgan fingerprint density at radius 2 is 1.72 bits per heavy atom. The van der Waals surface area contributed by atoms with Gasteiger partial charge in [0.15, 0.2) is 11.0 Å². The molecule has 4 rings (SSSR count). The van der Waals surface area contributed by atoms with E-state index in [1.807, 2.05) is 46.7 Å². The molecular weight excluding hydrogens is 422 g/mol. The first-order chi connectivity index (χ1) is 15.6. The lowest BCUT2D eigenvalue weighted by Gasteiger charge is -2.37. The molecule has 1 amide bonds. The monoisotopic (exact) mass is 451 g/mol. The van der Waals surface area contributed by atoms with Crippen LogP contribution in [0.25, 0.3) is 11.4 Å². The average Bonchev–Trinajstić information content (AvgIpc) is 3.26. The quantitative estimate of drug-likeness (QED) is 0.509. The van der Waals surface area contributed by atoms with Crippen molar-refractivity contribution < 1.29 is 9.53 Å². The maximum atomic E-state index is 13.1. The molecule has 1 atom stereocenters. The number of ether oxygens (including phenoxy) is 1. The van der Waals surface area contributed by atoms with Gasteiger partial charge in [0, 0.05) is 38.4 Å². The highest BCUT2D eigenvalue weighted by Gasteiger charge is 2.27. The van der Waals surface area contributed by atoms with E-state index in [9.17, 15) is 4.79 Å². The Balaban J connectivity index is 1.42. The number of thioether (sulfide) groups is 1. The molecule has 8 heteroatoms. The van der Waals surface area contributed by atoms with Crippen molar-refractivity contribution in [2.45, 2.75) is 30.8 Å². The third kappa shape index (κ3) is 4.60. The summed E-state index contributed by atoms with van der Waals surface area (Å²) >= 11 is 1.47. The summed E-state index contributed by atoms with van der Waals surface area (Å²) in [7, 11) is 1.65. The highest BCUT2D eigenvalue weighted by Crippen LogP contribution is 2.32. The number of amides is 1. The fourth-order valence-electron chi connectivity index (χ4n) is 3.98. The van der Waals surface area contributed by atoms with E-state index in [0.717, 1.165) is 48.5 Å². The average molecular weight is 452 g/mol. The van der Waals surface area contributed by atoms with Crippen molar-refractivity contribution in [1.29, 1.82) is 0 Å². The SMILES string of the molecule is CCn1c(SC(C)C(=O)N2CCN(c3ccccc3)CC2)nnc1-c1ccccc1OC. The fraction of sp³-hybridized carbons (Fsp3) is 0.375. The van der Waals surface area contributed by atoms with E-state index in [0.29, 0.717) is 6.54 Å². The zero-order valence-electron chi connectivity index (χ0n) is 18.8. The maximum absolute atomic E-state index is 13.1. The fourth-order valence-corrected chi connectivity index (χ4v) is 4.98. The molecule has 0 bridgehead atoms. The van der Waals surface area contributed by atoms with Crippen LogP contribution in [-0.4, -0.2) is 64.1 Å². The van der Waals surface area contributed by atoms with Crippen molar-refractivity contribution in [2.75, 3.05) is 38.2 Å². The van der Waals surface area contributed by atoms with Gasteiger partial charge in [-0.3, -0.25) is 4.79 Å². The number of carbonyl (C=O) groups is 1. The summed E-state index contributed by atoms with van der Waals surface area (Å²) in [4.78, 5) is 17.4. The van der Waals surface area contributed by atoms with Crippen molar-refractivity contribution in [2.24, 2.45) is 0 Å². The van der Waals surface area contributed by atoms with Gasteiger partial charge in [-0.05, 0) is 38.1 Å². The van der Waals surface area contributed by atoms with E-state index in [1.165, 1.54) is 17.4 Å². The molecule has 1 fully saturated rings. The second kappa shape index (κ2) is 10.1. The van der Waals surface area contributed by atoms with Crippen LogP contribution in [-0.2, 0) is 11.3 Å². The second-order valence-corrected chi connectivity index (χ2v) is 8.97. The Morgan fingerprint density at radius 1 is 1.03 bits per heavy atom. The molecular formula is C24H29N5O2S. The second-order valence-electron chi connectivity index (χ2n) is 7.66. The molecule has 1 aliphatic rings. The van der Waals surface area contributed by atoms with Crippen LogP contribution in [0.4, 0.5) is 5.69 Å². The smallest absolute Gasteiger partial charge is 0.236 e. The summed E-state index contributed by atoms with van der Waals surface area (Å²) in [6.45, 7) is 7.86. The van der Waals surface area contributed by atoms with Gasteiger partial charge in [0.2, 0.25) is 5.91 Å². The van der Waals surface area contributed by atoms with E-state index in [1.54, 1.807) is 7.11 Å². The Labute approximate surface area is 193 Å². The summed E-state index contributed by atoms with van der Waals surface area (Å²) in [6.07, 6.45) is 0. The van der Waals surface area contributed by atoms with Crippen molar-refractivity contribution in [1.82, 2.24) is 19.7 Å². The number of hydrogen-bond acceptors (Lipinski definition) is 6. The predicted octanol–water partition coefficient (Wildman–Crippen LogP) is 3.80. The molecule has 1 aromatic heterocycles. The standard InChI is InChI=1S/C24H29N5O2S/c1-4-29-22(20-12-8-9-13-21(20)31-3)25-26-24(29)32-18(2)23(30)28-16-14-27(15-17-28)19-10-6-5-7-11-19/h5-13,18H,4,14-17H2,1-3H3. The van der Waals surface area contributed by atoms with Gasteiger partial charge in [0.05, 0.1) is 17.9 Å². The Morgan fingerprint density at radius 3 is 2.41 bits per heavy atom. The first-order valence-corrected chi connectivity index (χ1v) is 11.8. The number of hydrogen-bond donors (Lipinski definition) is 0. The number of rotatable bonds is 7. The van der Waals surface area contributed by atoms with Gasteiger partial charge < -0.3 is 19.1 Å². The molecule has 2 aromatic carbocycles. The van der Waals surface area contributed by atoms with Gasteiger partial charge in [-0.15, -0.1) is 10.2 Å². The molecule has 1 unspecified atom stereocenters. The number of para-hydroxylation sites is 2. The molecule has 0 saturated carbocycles. The van der Waals surface area contributed by atoms with Crippen LogP contribution in [0.1, 0.15) is 13.8 Å². The number of carbonyl (C=O) groups excluding carboxylic acids is 1. The lowest BCUT2D eigenvalue weighted by molar-refractivity contribution is -0.130. The lowest BCUT2D eigenvalue weighted by Crippen LogP contribution is -2.50. The zero-order valence-corrected chi connectivity index (χ0v) is 19.6. The molecule has 7 nitrogen and oxygen atoms in total. The molecule has 0 spiro atoms. The summed E-state index contributed by atoms with van der Waals surface area (Å²) < 4.78 is 7.54. The summed E-state index contributed by atoms with van der Waals surface area (Å²) in [6, 6.07) is 18.1. The van der Waals surface area contributed by atoms with E-state index < -0.39 is 0 Å². The minimum absolute atomic E-state index is 0.146. The van der Waals surface area contributed by atoms with Gasteiger partial charge in [0.1, 0.15) is 5.75 Å². The zero-order chi connectivity index (χ0) is 22.5.